The monoisotopic (exact) mass is 287 g/mol. The minimum atomic E-state index is 0.746. The normalized spacial score (nSPS) is 22.2. The van der Waals surface area contributed by atoms with E-state index in [0.29, 0.717) is 0 Å². The van der Waals surface area contributed by atoms with Gasteiger partial charge in [0, 0.05) is 10.1 Å². The van der Waals surface area contributed by atoms with Gasteiger partial charge >= 0.3 is 0 Å². The van der Waals surface area contributed by atoms with Crippen LogP contribution in [0.15, 0.2) is 18.2 Å². The van der Waals surface area contributed by atoms with E-state index in [-0.39, 0.29) is 0 Å². The Kier molecular flexibility index (Phi) is 2.89. The zero-order chi connectivity index (χ0) is 9.26. The molecule has 1 N–H and O–H groups in total. The van der Waals surface area contributed by atoms with E-state index < -0.39 is 0 Å². The van der Waals surface area contributed by atoms with Crippen LogP contribution in [0.1, 0.15) is 23.5 Å². The summed E-state index contributed by atoms with van der Waals surface area (Å²) in [5, 5.41) is 3.40. The SMILES string of the molecule is Cc1cc([C@@H]2CCNC2)ccc1I. The molecule has 1 saturated heterocycles. The van der Waals surface area contributed by atoms with Crippen LogP contribution < -0.4 is 5.32 Å². The van der Waals surface area contributed by atoms with Gasteiger partial charge in [0.05, 0.1) is 0 Å². The highest BCUT2D eigenvalue weighted by atomic mass is 127. The average Bonchev–Trinajstić information content (AvgIpc) is 2.62. The fraction of sp³-hybridized carbons (Fsp3) is 0.455. The predicted molar refractivity (Wildman–Crippen MR) is 64.1 cm³/mol. The molecule has 0 bridgehead atoms. The van der Waals surface area contributed by atoms with Gasteiger partial charge in [0.25, 0.3) is 0 Å². The van der Waals surface area contributed by atoms with E-state index in [2.05, 4.69) is 53.0 Å². The Bertz CT molecular complexity index is 303. The fourth-order valence-electron chi connectivity index (χ4n) is 1.86. The van der Waals surface area contributed by atoms with E-state index in [4.69, 9.17) is 0 Å². The number of halogens is 1. The van der Waals surface area contributed by atoms with Crippen molar-refractivity contribution in [3.8, 4) is 0 Å². The number of hydrogen-bond acceptors (Lipinski definition) is 1. The van der Waals surface area contributed by atoms with Crippen LogP contribution in [0.2, 0.25) is 0 Å². The summed E-state index contributed by atoms with van der Waals surface area (Å²) in [6, 6.07) is 6.83. The first-order valence-electron chi connectivity index (χ1n) is 4.74. The van der Waals surface area contributed by atoms with Crippen molar-refractivity contribution in [2.24, 2.45) is 0 Å². The lowest BCUT2D eigenvalue weighted by atomic mass is 9.97. The van der Waals surface area contributed by atoms with Gasteiger partial charge in [-0.05, 0) is 65.6 Å². The van der Waals surface area contributed by atoms with Crippen molar-refractivity contribution in [2.75, 3.05) is 13.1 Å². The Labute approximate surface area is 93.1 Å². The average molecular weight is 287 g/mol. The molecule has 0 amide bonds. The lowest BCUT2D eigenvalue weighted by molar-refractivity contribution is 0.762. The summed E-state index contributed by atoms with van der Waals surface area (Å²) in [4.78, 5) is 0. The van der Waals surface area contributed by atoms with Gasteiger partial charge in [0.15, 0.2) is 0 Å². The Balaban J connectivity index is 2.25. The molecule has 70 valence electrons. The van der Waals surface area contributed by atoms with Crippen LogP contribution in [0, 0.1) is 10.5 Å². The molecule has 0 spiro atoms. The van der Waals surface area contributed by atoms with Crippen molar-refractivity contribution < 1.29 is 0 Å². The molecule has 0 aromatic heterocycles. The molecule has 1 heterocycles. The van der Waals surface area contributed by atoms with Gasteiger partial charge in [0.2, 0.25) is 0 Å². The Hall–Kier alpha value is -0.0900. The molecule has 1 nitrogen and oxygen atoms in total. The first-order valence-corrected chi connectivity index (χ1v) is 5.82. The van der Waals surface area contributed by atoms with Crippen molar-refractivity contribution in [3.63, 3.8) is 0 Å². The van der Waals surface area contributed by atoms with E-state index in [0.717, 1.165) is 12.5 Å². The highest BCUT2D eigenvalue weighted by molar-refractivity contribution is 14.1. The fourth-order valence-corrected chi connectivity index (χ4v) is 2.20. The molecule has 1 atom stereocenters. The lowest BCUT2D eigenvalue weighted by Crippen LogP contribution is -2.08. The van der Waals surface area contributed by atoms with E-state index >= 15 is 0 Å². The summed E-state index contributed by atoms with van der Waals surface area (Å²) >= 11 is 2.39. The number of hydrogen-bond donors (Lipinski definition) is 1. The van der Waals surface area contributed by atoms with Crippen LogP contribution in [0.25, 0.3) is 0 Å². The summed E-state index contributed by atoms with van der Waals surface area (Å²) in [5.74, 6) is 0.746. The minimum Gasteiger partial charge on any atom is -0.316 e. The van der Waals surface area contributed by atoms with Gasteiger partial charge in [-0.15, -0.1) is 0 Å². The van der Waals surface area contributed by atoms with E-state index in [1.807, 2.05) is 0 Å². The third-order valence-electron chi connectivity index (χ3n) is 2.71. The zero-order valence-corrected chi connectivity index (χ0v) is 9.97. The van der Waals surface area contributed by atoms with Gasteiger partial charge in [0.1, 0.15) is 0 Å². The molecule has 0 saturated carbocycles. The highest BCUT2D eigenvalue weighted by Gasteiger charge is 2.16. The predicted octanol–water partition coefficient (Wildman–Crippen LogP) is 2.68. The maximum absolute atomic E-state index is 3.40. The summed E-state index contributed by atoms with van der Waals surface area (Å²) in [7, 11) is 0. The van der Waals surface area contributed by atoms with Crippen LogP contribution in [0.3, 0.4) is 0 Å². The lowest BCUT2D eigenvalue weighted by Gasteiger charge is -2.10. The standard InChI is InChI=1S/C11H14IN/c1-8-6-9(2-3-11(8)12)10-4-5-13-7-10/h2-3,6,10,13H,4-5,7H2,1H3/t10-/m1/s1. The largest absolute Gasteiger partial charge is 0.316 e. The molecular formula is C11H14IN. The summed E-state index contributed by atoms with van der Waals surface area (Å²) in [5.41, 5.74) is 2.91. The van der Waals surface area contributed by atoms with Crippen LogP contribution in [0.4, 0.5) is 0 Å². The highest BCUT2D eigenvalue weighted by Crippen LogP contribution is 2.24. The molecule has 1 aliphatic rings. The maximum atomic E-state index is 3.40. The number of benzene rings is 1. The molecule has 0 aliphatic carbocycles. The van der Waals surface area contributed by atoms with Crippen LogP contribution in [-0.4, -0.2) is 13.1 Å². The van der Waals surface area contributed by atoms with Crippen molar-refractivity contribution in [1.82, 2.24) is 5.32 Å². The Morgan fingerprint density at radius 2 is 2.31 bits per heavy atom. The van der Waals surface area contributed by atoms with Gasteiger partial charge in [-0.25, -0.2) is 0 Å². The second-order valence-electron chi connectivity index (χ2n) is 3.70. The molecule has 1 fully saturated rings. The van der Waals surface area contributed by atoms with E-state index in [1.54, 1.807) is 0 Å². The molecule has 1 aromatic carbocycles. The summed E-state index contributed by atoms with van der Waals surface area (Å²) in [6.45, 7) is 4.52. The third kappa shape index (κ3) is 2.05. The summed E-state index contributed by atoms with van der Waals surface area (Å²) in [6.07, 6.45) is 1.29. The molecule has 2 heteroatoms. The third-order valence-corrected chi connectivity index (χ3v) is 3.92. The van der Waals surface area contributed by atoms with Gasteiger partial charge in [-0.3, -0.25) is 0 Å². The Morgan fingerprint density at radius 1 is 1.46 bits per heavy atom. The maximum Gasteiger partial charge on any atom is 0.0159 e. The summed E-state index contributed by atoms with van der Waals surface area (Å²) < 4.78 is 1.37. The second-order valence-corrected chi connectivity index (χ2v) is 4.86. The van der Waals surface area contributed by atoms with Gasteiger partial charge in [-0.2, -0.15) is 0 Å². The van der Waals surface area contributed by atoms with Crippen LogP contribution in [-0.2, 0) is 0 Å². The number of rotatable bonds is 1. The molecule has 13 heavy (non-hydrogen) atoms. The van der Waals surface area contributed by atoms with Crippen molar-refractivity contribution >= 4 is 22.6 Å². The van der Waals surface area contributed by atoms with Crippen LogP contribution in [0.5, 0.6) is 0 Å². The molecule has 1 aliphatic heterocycles. The first kappa shape index (κ1) is 9.46. The van der Waals surface area contributed by atoms with Crippen molar-refractivity contribution in [2.45, 2.75) is 19.3 Å². The van der Waals surface area contributed by atoms with Gasteiger partial charge in [-0.1, -0.05) is 12.1 Å². The molecular weight excluding hydrogens is 273 g/mol. The molecule has 0 unspecified atom stereocenters. The minimum absolute atomic E-state index is 0.746. The first-order chi connectivity index (χ1) is 6.27. The van der Waals surface area contributed by atoms with Gasteiger partial charge < -0.3 is 5.32 Å². The smallest absolute Gasteiger partial charge is 0.0159 e. The quantitative estimate of drug-likeness (QED) is 0.783. The van der Waals surface area contributed by atoms with Crippen molar-refractivity contribution in [3.05, 3.63) is 32.9 Å². The van der Waals surface area contributed by atoms with Crippen molar-refractivity contribution in [1.29, 1.82) is 0 Å². The topological polar surface area (TPSA) is 12.0 Å². The van der Waals surface area contributed by atoms with Crippen LogP contribution >= 0.6 is 22.6 Å². The second kappa shape index (κ2) is 3.96. The van der Waals surface area contributed by atoms with E-state index in [1.165, 1.54) is 27.7 Å². The molecule has 0 radical (unpaired) electrons. The molecule has 1 aromatic rings. The number of nitrogens with one attached hydrogen (secondary N) is 1. The van der Waals surface area contributed by atoms with E-state index in [9.17, 15) is 0 Å². The number of aryl methyl sites for hydroxylation is 1. The Morgan fingerprint density at radius 3 is 2.92 bits per heavy atom. The molecule has 2 rings (SSSR count). The zero-order valence-electron chi connectivity index (χ0n) is 7.81.